The number of aromatic amines is 1. The average molecular weight is 430 g/mol. The lowest BCUT2D eigenvalue weighted by Gasteiger charge is -2.30. The van der Waals surface area contributed by atoms with Crippen LogP contribution in [0.4, 0.5) is 5.69 Å². The van der Waals surface area contributed by atoms with Crippen LogP contribution in [0, 0.1) is 0 Å². The number of methoxy groups -OCH3 is 2. The van der Waals surface area contributed by atoms with Crippen molar-refractivity contribution in [2.75, 3.05) is 39.7 Å². The molecule has 2 aromatic carbocycles. The lowest BCUT2D eigenvalue weighted by Crippen LogP contribution is -2.36. The van der Waals surface area contributed by atoms with Crippen LogP contribution >= 0.6 is 0 Å². The van der Waals surface area contributed by atoms with Gasteiger partial charge in [0.2, 0.25) is 9.84 Å². The average Bonchev–Trinajstić information content (AvgIpc) is 3.19. The van der Waals surface area contributed by atoms with Crippen LogP contribution in [0.1, 0.15) is 12.8 Å². The third-order valence-electron chi connectivity index (χ3n) is 5.65. The van der Waals surface area contributed by atoms with Gasteiger partial charge in [0.15, 0.2) is 0 Å². The molecule has 0 spiro atoms. The second-order valence-corrected chi connectivity index (χ2v) is 9.59. The molecule has 0 amide bonds. The third kappa shape index (κ3) is 3.97. The molecule has 4 rings (SSSR count). The molecular formula is C22H27N3O4S. The van der Waals surface area contributed by atoms with E-state index >= 15 is 0 Å². The van der Waals surface area contributed by atoms with Gasteiger partial charge >= 0.3 is 0 Å². The number of piperidine rings is 1. The summed E-state index contributed by atoms with van der Waals surface area (Å²) in [5.74, 6) is 1.31. The largest absolute Gasteiger partial charge is 0.497 e. The number of likely N-dealkylation sites (tertiary alicyclic amines) is 1. The molecule has 0 unspecified atom stereocenters. The molecule has 1 saturated heterocycles. The number of fused-ring (bicyclic) bond motifs is 1. The van der Waals surface area contributed by atoms with Crippen molar-refractivity contribution in [3.63, 3.8) is 0 Å². The van der Waals surface area contributed by atoms with Crippen LogP contribution in [0.3, 0.4) is 0 Å². The van der Waals surface area contributed by atoms with E-state index in [-0.39, 0.29) is 16.0 Å². The molecule has 8 heteroatoms. The van der Waals surface area contributed by atoms with Crippen LogP contribution in [-0.2, 0) is 9.84 Å². The van der Waals surface area contributed by atoms with Gasteiger partial charge in [0.25, 0.3) is 0 Å². The smallest absolute Gasteiger partial charge is 0.221 e. The topological polar surface area (TPSA) is 83.7 Å². The van der Waals surface area contributed by atoms with Crippen LogP contribution < -0.4 is 14.8 Å². The lowest BCUT2D eigenvalue weighted by molar-refractivity contribution is 0.263. The third-order valence-corrected chi connectivity index (χ3v) is 7.33. The van der Waals surface area contributed by atoms with E-state index in [4.69, 9.17) is 9.47 Å². The van der Waals surface area contributed by atoms with Crippen molar-refractivity contribution in [3.05, 3.63) is 42.5 Å². The Morgan fingerprint density at radius 1 is 1.03 bits per heavy atom. The maximum Gasteiger partial charge on any atom is 0.221 e. The number of rotatable bonds is 6. The Kier molecular flexibility index (Phi) is 5.62. The Labute approximate surface area is 176 Å². The number of sulfone groups is 1. The Bertz CT molecular complexity index is 1150. The minimum absolute atomic E-state index is 0.154. The Balaban J connectivity index is 1.67. The van der Waals surface area contributed by atoms with Crippen LogP contribution in [0.2, 0.25) is 0 Å². The zero-order chi connectivity index (χ0) is 21.3. The summed E-state index contributed by atoms with van der Waals surface area (Å²) in [5.41, 5.74) is 1.44. The SMILES string of the molecule is COc1ccc2[nH]c(S(=O)(=O)c3ccc(OC)c(NC4CCN(C)CC4)c3)cc2c1. The highest BCUT2D eigenvalue weighted by molar-refractivity contribution is 7.91. The highest BCUT2D eigenvalue weighted by Gasteiger charge is 2.23. The number of hydrogen-bond donors (Lipinski definition) is 2. The van der Waals surface area contributed by atoms with Gasteiger partial charge in [-0.1, -0.05) is 0 Å². The van der Waals surface area contributed by atoms with E-state index in [1.165, 1.54) is 0 Å². The molecular weight excluding hydrogens is 402 g/mol. The highest BCUT2D eigenvalue weighted by Crippen LogP contribution is 2.33. The van der Waals surface area contributed by atoms with Gasteiger partial charge in [0, 0.05) is 16.9 Å². The maximum absolute atomic E-state index is 13.3. The van der Waals surface area contributed by atoms with Gasteiger partial charge in [-0.05, 0) is 75.4 Å². The molecule has 0 bridgehead atoms. The minimum Gasteiger partial charge on any atom is -0.497 e. The summed E-state index contributed by atoms with van der Waals surface area (Å²) in [6.07, 6.45) is 2.00. The monoisotopic (exact) mass is 429 g/mol. The molecule has 7 nitrogen and oxygen atoms in total. The van der Waals surface area contributed by atoms with Gasteiger partial charge in [0.05, 0.1) is 24.8 Å². The van der Waals surface area contributed by atoms with E-state index < -0.39 is 9.84 Å². The fourth-order valence-electron chi connectivity index (χ4n) is 3.82. The van der Waals surface area contributed by atoms with Crippen LogP contribution in [0.25, 0.3) is 10.9 Å². The van der Waals surface area contributed by atoms with Crippen molar-refractivity contribution < 1.29 is 17.9 Å². The number of H-pyrrole nitrogens is 1. The van der Waals surface area contributed by atoms with E-state index in [9.17, 15) is 8.42 Å². The quantitative estimate of drug-likeness (QED) is 0.624. The number of aromatic nitrogens is 1. The molecule has 1 aliphatic rings. The maximum atomic E-state index is 13.3. The molecule has 1 aliphatic heterocycles. The van der Waals surface area contributed by atoms with Crippen molar-refractivity contribution in [1.82, 2.24) is 9.88 Å². The van der Waals surface area contributed by atoms with E-state index in [1.807, 2.05) is 12.1 Å². The molecule has 160 valence electrons. The molecule has 1 fully saturated rings. The number of nitrogens with zero attached hydrogens (tertiary/aromatic N) is 1. The summed E-state index contributed by atoms with van der Waals surface area (Å²) in [7, 11) is 1.57. The van der Waals surface area contributed by atoms with Gasteiger partial charge in [0.1, 0.15) is 16.5 Å². The normalized spacial score (nSPS) is 16.0. The van der Waals surface area contributed by atoms with Gasteiger partial charge in [-0.25, -0.2) is 8.42 Å². The standard InChI is InChI=1S/C22H27N3O4S/c1-25-10-8-16(9-11-25)23-20-14-18(5-7-21(20)29-3)30(26,27)22-13-15-12-17(28-2)4-6-19(15)24-22/h4-7,12-14,16,23-24H,8-11H2,1-3H3. The van der Waals surface area contributed by atoms with Gasteiger partial charge in [-0.2, -0.15) is 0 Å². The molecule has 0 saturated carbocycles. The Morgan fingerprint density at radius 3 is 2.50 bits per heavy atom. The highest BCUT2D eigenvalue weighted by atomic mass is 32.2. The summed E-state index contributed by atoms with van der Waals surface area (Å²) < 4.78 is 37.3. The summed E-state index contributed by atoms with van der Waals surface area (Å²) in [5, 5.41) is 4.42. The van der Waals surface area contributed by atoms with E-state index in [2.05, 4.69) is 22.2 Å². The van der Waals surface area contributed by atoms with Crippen LogP contribution in [-0.4, -0.2) is 58.7 Å². The summed E-state index contributed by atoms with van der Waals surface area (Å²) in [4.78, 5) is 5.53. The minimum atomic E-state index is -3.72. The number of anilines is 1. The van der Waals surface area contributed by atoms with Crippen molar-refractivity contribution in [3.8, 4) is 11.5 Å². The predicted octanol–water partition coefficient (Wildman–Crippen LogP) is 3.52. The first-order valence-electron chi connectivity index (χ1n) is 9.95. The second kappa shape index (κ2) is 8.20. The zero-order valence-corrected chi connectivity index (χ0v) is 18.3. The Hall–Kier alpha value is -2.71. The van der Waals surface area contributed by atoms with Crippen molar-refractivity contribution >= 4 is 26.4 Å². The molecule has 0 atom stereocenters. The van der Waals surface area contributed by atoms with Crippen molar-refractivity contribution in [1.29, 1.82) is 0 Å². The van der Waals surface area contributed by atoms with Crippen LogP contribution in [0.15, 0.2) is 52.4 Å². The van der Waals surface area contributed by atoms with E-state index in [1.54, 1.807) is 44.6 Å². The van der Waals surface area contributed by atoms with E-state index in [0.29, 0.717) is 17.2 Å². The summed E-state index contributed by atoms with van der Waals surface area (Å²) >= 11 is 0. The molecule has 3 aromatic rings. The first-order valence-corrected chi connectivity index (χ1v) is 11.4. The van der Waals surface area contributed by atoms with Crippen molar-refractivity contribution in [2.24, 2.45) is 0 Å². The molecule has 30 heavy (non-hydrogen) atoms. The summed E-state index contributed by atoms with van der Waals surface area (Å²) in [6, 6.07) is 12.3. The molecule has 2 N–H and O–H groups in total. The number of hydrogen-bond acceptors (Lipinski definition) is 6. The van der Waals surface area contributed by atoms with Crippen molar-refractivity contribution in [2.45, 2.75) is 28.8 Å². The van der Waals surface area contributed by atoms with Crippen LogP contribution in [0.5, 0.6) is 11.5 Å². The number of ether oxygens (including phenoxy) is 2. The molecule has 0 aliphatic carbocycles. The fraction of sp³-hybridized carbons (Fsp3) is 0.364. The van der Waals surface area contributed by atoms with Gasteiger partial charge in [-0.3, -0.25) is 0 Å². The fourth-order valence-corrected chi connectivity index (χ4v) is 5.12. The number of benzene rings is 2. The van der Waals surface area contributed by atoms with E-state index in [0.717, 1.165) is 36.8 Å². The lowest BCUT2D eigenvalue weighted by atomic mass is 10.1. The molecule has 1 aromatic heterocycles. The predicted molar refractivity (Wildman–Crippen MR) is 117 cm³/mol. The second-order valence-electron chi connectivity index (χ2n) is 7.67. The molecule has 0 radical (unpaired) electrons. The van der Waals surface area contributed by atoms with Gasteiger partial charge in [-0.15, -0.1) is 0 Å². The zero-order valence-electron chi connectivity index (χ0n) is 17.4. The number of nitrogens with one attached hydrogen (secondary N) is 2. The molecule has 2 heterocycles. The summed E-state index contributed by atoms with van der Waals surface area (Å²) in [6.45, 7) is 2.02. The van der Waals surface area contributed by atoms with Gasteiger partial charge < -0.3 is 24.7 Å². The first-order chi connectivity index (χ1) is 14.4. The first kappa shape index (κ1) is 20.6. The Morgan fingerprint density at radius 2 is 1.80 bits per heavy atom.